The maximum absolute atomic E-state index is 12.2. The summed E-state index contributed by atoms with van der Waals surface area (Å²) in [4.78, 5) is 15.9. The van der Waals surface area contributed by atoms with E-state index in [-0.39, 0.29) is 5.91 Å². The largest absolute Gasteiger partial charge is 0.388 e. The first kappa shape index (κ1) is 13.6. The van der Waals surface area contributed by atoms with Gasteiger partial charge in [-0.25, -0.2) is 0 Å². The molecule has 1 N–H and O–H groups in total. The summed E-state index contributed by atoms with van der Waals surface area (Å²) in [7, 11) is 1.78. The molecule has 0 atom stereocenters. The lowest BCUT2D eigenvalue weighted by molar-refractivity contribution is 0.0158. The molecule has 0 saturated heterocycles. The molecule has 4 heteroatoms. The Bertz CT molecular complexity index is 421. The molecule has 0 aliphatic heterocycles. The van der Waals surface area contributed by atoms with Gasteiger partial charge in [-0.2, -0.15) is 0 Å². The molecule has 0 bridgehead atoms. The molecular formula is C14H21NO2S. The van der Waals surface area contributed by atoms with Gasteiger partial charge in [-0.05, 0) is 31.4 Å². The van der Waals surface area contributed by atoms with Gasteiger partial charge in [0.05, 0.1) is 10.5 Å². The van der Waals surface area contributed by atoms with Crippen molar-refractivity contribution in [3.05, 3.63) is 21.9 Å². The standard InChI is InChI=1S/C14H21NO2S/c1-3-11-6-7-12(18-11)13(16)15(2)10-14(17)8-4-5-9-14/h6-7,17H,3-5,8-10H2,1-2H3. The highest BCUT2D eigenvalue weighted by molar-refractivity contribution is 7.14. The predicted molar refractivity (Wildman–Crippen MR) is 74.1 cm³/mol. The van der Waals surface area contributed by atoms with E-state index < -0.39 is 5.60 Å². The Hall–Kier alpha value is -0.870. The van der Waals surface area contributed by atoms with Gasteiger partial charge in [0.1, 0.15) is 0 Å². The van der Waals surface area contributed by atoms with Gasteiger partial charge in [0.25, 0.3) is 5.91 Å². The maximum atomic E-state index is 12.2. The van der Waals surface area contributed by atoms with Crippen LogP contribution in [0.2, 0.25) is 0 Å². The van der Waals surface area contributed by atoms with Crippen molar-refractivity contribution in [1.82, 2.24) is 4.90 Å². The molecule has 1 amide bonds. The van der Waals surface area contributed by atoms with Crippen LogP contribution in [0.1, 0.15) is 47.2 Å². The second kappa shape index (κ2) is 5.41. The van der Waals surface area contributed by atoms with Crippen molar-refractivity contribution < 1.29 is 9.90 Å². The van der Waals surface area contributed by atoms with Gasteiger partial charge in [0, 0.05) is 18.5 Å². The average molecular weight is 267 g/mol. The number of likely N-dealkylation sites (N-methyl/N-ethyl adjacent to an activating group) is 1. The summed E-state index contributed by atoms with van der Waals surface area (Å²) in [6.45, 7) is 2.54. The molecule has 0 spiro atoms. The molecule has 0 unspecified atom stereocenters. The van der Waals surface area contributed by atoms with Gasteiger partial charge >= 0.3 is 0 Å². The Morgan fingerprint density at radius 1 is 1.44 bits per heavy atom. The molecule has 0 radical (unpaired) electrons. The summed E-state index contributed by atoms with van der Waals surface area (Å²) in [6.07, 6.45) is 4.73. The first-order valence-electron chi connectivity index (χ1n) is 6.61. The first-order valence-corrected chi connectivity index (χ1v) is 7.42. The van der Waals surface area contributed by atoms with Crippen molar-refractivity contribution in [2.45, 2.75) is 44.6 Å². The topological polar surface area (TPSA) is 40.5 Å². The molecule has 1 aliphatic carbocycles. The lowest BCUT2D eigenvalue weighted by atomic mass is 10.0. The van der Waals surface area contributed by atoms with Crippen molar-refractivity contribution >= 4 is 17.2 Å². The number of nitrogens with zero attached hydrogens (tertiary/aromatic N) is 1. The maximum Gasteiger partial charge on any atom is 0.263 e. The zero-order valence-electron chi connectivity index (χ0n) is 11.1. The van der Waals surface area contributed by atoms with Crippen molar-refractivity contribution in [3.63, 3.8) is 0 Å². The molecule has 1 aromatic heterocycles. The van der Waals surface area contributed by atoms with Gasteiger partial charge in [0.15, 0.2) is 0 Å². The van der Waals surface area contributed by atoms with Crippen molar-refractivity contribution in [2.75, 3.05) is 13.6 Å². The molecule has 1 fully saturated rings. The average Bonchev–Trinajstić information content (AvgIpc) is 2.96. The molecule has 18 heavy (non-hydrogen) atoms. The van der Waals surface area contributed by atoms with Gasteiger partial charge in [0.2, 0.25) is 0 Å². The highest BCUT2D eigenvalue weighted by atomic mass is 32.1. The number of carbonyl (C=O) groups excluding carboxylic acids is 1. The van der Waals surface area contributed by atoms with E-state index in [1.807, 2.05) is 12.1 Å². The third-order valence-electron chi connectivity index (χ3n) is 3.63. The van der Waals surface area contributed by atoms with Crippen LogP contribution in [0.25, 0.3) is 0 Å². The van der Waals surface area contributed by atoms with E-state index in [0.29, 0.717) is 6.54 Å². The third kappa shape index (κ3) is 2.93. The quantitative estimate of drug-likeness (QED) is 0.911. The Morgan fingerprint density at radius 2 is 2.11 bits per heavy atom. The van der Waals surface area contributed by atoms with E-state index in [1.54, 1.807) is 23.3 Å². The first-order chi connectivity index (χ1) is 8.54. The Balaban J connectivity index is 2.00. The van der Waals surface area contributed by atoms with Gasteiger partial charge in [-0.15, -0.1) is 11.3 Å². The van der Waals surface area contributed by atoms with Crippen LogP contribution < -0.4 is 0 Å². The number of rotatable bonds is 4. The van der Waals surface area contributed by atoms with E-state index >= 15 is 0 Å². The Kier molecular flexibility index (Phi) is 4.07. The Morgan fingerprint density at radius 3 is 2.67 bits per heavy atom. The summed E-state index contributed by atoms with van der Waals surface area (Å²) >= 11 is 1.55. The van der Waals surface area contributed by atoms with Crippen LogP contribution in [0.4, 0.5) is 0 Å². The van der Waals surface area contributed by atoms with Gasteiger partial charge in [-0.1, -0.05) is 19.8 Å². The van der Waals surface area contributed by atoms with E-state index in [2.05, 4.69) is 6.92 Å². The number of hydrogen-bond donors (Lipinski definition) is 1. The second-order valence-electron chi connectivity index (χ2n) is 5.21. The lowest BCUT2D eigenvalue weighted by Gasteiger charge is -2.28. The number of aliphatic hydroxyl groups is 1. The number of carbonyl (C=O) groups is 1. The monoisotopic (exact) mass is 267 g/mol. The molecule has 0 aromatic carbocycles. The van der Waals surface area contributed by atoms with Crippen LogP contribution in [-0.2, 0) is 6.42 Å². The smallest absolute Gasteiger partial charge is 0.263 e. The number of aryl methyl sites for hydroxylation is 1. The normalized spacial score (nSPS) is 17.9. The summed E-state index contributed by atoms with van der Waals surface area (Å²) in [5, 5.41) is 10.3. The van der Waals surface area contributed by atoms with Crippen LogP contribution in [-0.4, -0.2) is 35.1 Å². The SMILES string of the molecule is CCc1ccc(C(=O)N(C)CC2(O)CCCC2)s1. The highest BCUT2D eigenvalue weighted by Gasteiger charge is 2.33. The summed E-state index contributed by atoms with van der Waals surface area (Å²) < 4.78 is 0. The summed E-state index contributed by atoms with van der Waals surface area (Å²) in [5.74, 6) is 0.0278. The van der Waals surface area contributed by atoms with Crippen LogP contribution in [0.3, 0.4) is 0 Å². The van der Waals surface area contributed by atoms with Crippen molar-refractivity contribution in [1.29, 1.82) is 0 Å². The molecule has 1 aliphatic rings. The fourth-order valence-electron chi connectivity index (χ4n) is 2.58. The lowest BCUT2D eigenvalue weighted by Crippen LogP contribution is -2.41. The molecule has 1 aromatic rings. The molecule has 100 valence electrons. The second-order valence-corrected chi connectivity index (χ2v) is 6.38. The molecule has 3 nitrogen and oxygen atoms in total. The van der Waals surface area contributed by atoms with Gasteiger partial charge in [-0.3, -0.25) is 4.79 Å². The zero-order valence-corrected chi connectivity index (χ0v) is 11.9. The fraction of sp³-hybridized carbons (Fsp3) is 0.643. The third-order valence-corrected chi connectivity index (χ3v) is 4.85. The van der Waals surface area contributed by atoms with Crippen LogP contribution in [0, 0.1) is 0 Å². The highest BCUT2D eigenvalue weighted by Crippen LogP contribution is 2.30. The number of hydrogen-bond acceptors (Lipinski definition) is 3. The number of thiophene rings is 1. The van der Waals surface area contributed by atoms with Gasteiger partial charge < -0.3 is 10.0 Å². The van der Waals surface area contributed by atoms with Crippen LogP contribution >= 0.6 is 11.3 Å². The Labute approximate surface area is 112 Å². The zero-order chi connectivity index (χ0) is 13.2. The van der Waals surface area contributed by atoms with Crippen molar-refractivity contribution in [2.24, 2.45) is 0 Å². The molecule has 1 saturated carbocycles. The molecule has 2 rings (SSSR count). The van der Waals surface area contributed by atoms with Crippen LogP contribution in [0.5, 0.6) is 0 Å². The number of amides is 1. The molecular weight excluding hydrogens is 246 g/mol. The predicted octanol–water partition coefficient (Wildman–Crippen LogP) is 2.69. The minimum absolute atomic E-state index is 0.0278. The van der Waals surface area contributed by atoms with Crippen LogP contribution in [0.15, 0.2) is 12.1 Å². The van der Waals surface area contributed by atoms with E-state index in [9.17, 15) is 9.90 Å². The van der Waals surface area contributed by atoms with E-state index in [4.69, 9.17) is 0 Å². The minimum Gasteiger partial charge on any atom is -0.388 e. The van der Waals surface area contributed by atoms with E-state index in [1.165, 1.54) is 4.88 Å². The summed E-state index contributed by atoms with van der Waals surface area (Å²) in [5.41, 5.74) is -0.657. The fourth-order valence-corrected chi connectivity index (χ4v) is 3.52. The minimum atomic E-state index is -0.657. The van der Waals surface area contributed by atoms with E-state index in [0.717, 1.165) is 37.0 Å². The summed E-state index contributed by atoms with van der Waals surface area (Å²) in [6, 6.07) is 3.90. The van der Waals surface area contributed by atoms with Crippen molar-refractivity contribution in [3.8, 4) is 0 Å². The molecule has 1 heterocycles.